The molecule has 24 heavy (non-hydrogen) atoms. The third-order valence-electron chi connectivity index (χ3n) is 3.20. The number of hydrogen-bond acceptors (Lipinski definition) is 3. The van der Waals surface area contributed by atoms with Gasteiger partial charge in [0.1, 0.15) is 5.75 Å². The van der Waals surface area contributed by atoms with Gasteiger partial charge >= 0.3 is 0 Å². The fraction of sp³-hybridized carbons (Fsp3) is 0.222. The first-order valence-corrected chi connectivity index (χ1v) is 9.04. The molecule has 0 bridgehead atoms. The molecule has 0 spiro atoms. The number of halogens is 2. The second kappa shape index (κ2) is 8.99. The van der Waals surface area contributed by atoms with Gasteiger partial charge in [-0.1, -0.05) is 57.8 Å². The summed E-state index contributed by atoms with van der Waals surface area (Å²) in [5, 5.41) is 3.93. The van der Waals surface area contributed by atoms with Crippen LogP contribution in [0.5, 0.6) is 5.75 Å². The highest BCUT2D eigenvalue weighted by atomic mass is 79.9. The predicted octanol–water partition coefficient (Wildman–Crippen LogP) is 4.86. The van der Waals surface area contributed by atoms with Crippen LogP contribution in [0.25, 0.3) is 0 Å². The van der Waals surface area contributed by atoms with Crippen LogP contribution in [0, 0.1) is 0 Å². The van der Waals surface area contributed by atoms with Gasteiger partial charge in [-0.2, -0.15) is 5.10 Å². The summed E-state index contributed by atoms with van der Waals surface area (Å²) in [5.41, 5.74) is 4.40. The highest BCUT2D eigenvalue weighted by Crippen LogP contribution is 2.29. The molecule has 0 heterocycles. The van der Waals surface area contributed by atoms with Crippen molar-refractivity contribution in [1.29, 1.82) is 0 Å². The summed E-state index contributed by atoms with van der Waals surface area (Å²) < 4.78 is 7.57. The molecule has 6 heteroatoms. The summed E-state index contributed by atoms with van der Waals surface area (Å²) in [6, 6.07) is 13.4. The molecule has 0 saturated carbocycles. The van der Waals surface area contributed by atoms with E-state index in [-0.39, 0.29) is 12.5 Å². The van der Waals surface area contributed by atoms with Gasteiger partial charge in [0.25, 0.3) is 5.91 Å². The summed E-state index contributed by atoms with van der Waals surface area (Å²) in [6.45, 7) is 4.07. The van der Waals surface area contributed by atoms with Gasteiger partial charge in [-0.05, 0) is 47.4 Å². The Morgan fingerprint density at radius 3 is 2.67 bits per heavy atom. The van der Waals surface area contributed by atoms with Crippen molar-refractivity contribution in [3.05, 3.63) is 62.5 Å². The molecule has 0 aliphatic carbocycles. The van der Waals surface area contributed by atoms with Crippen LogP contribution in [-0.2, 0) is 4.79 Å². The van der Waals surface area contributed by atoms with Gasteiger partial charge in [-0.25, -0.2) is 5.43 Å². The summed E-state index contributed by atoms with van der Waals surface area (Å²) in [4.78, 5) is 11.9. The lowest BCUT2D eigenvalue weighted by atomic mass is 10.0. The number of amides is 1. The smallest absolute Gasteiger partial charge is 0.277 e. The van der Waals surface area contributed by atoms with E-state index < -0.39 is 0 Å². The molecule has 0 radical (unpaired) electrons. The number of benzene rings is 2. The van der Waals surface area contributed by atoms with E-state index in [0.717, 1.165) is 20.1 Å². The zero-order chi connectivity index (χ0) is 17.5. The number of carbonyl (C=O) groups excluding carboxylic acids is 1. The second-order valence-corrected chi connectivity index (χ2v) is 7.31. The molecule has 0 atom stereocenters. The minimum absolute atomic E-state index is 0.0861. The topological polar surface area (TPSA) is 50.7 Å². The van der Waals surface area contributed by atoms with E-state index in [4.69, 9.17) is 4.74 Å². The minimum atomic E-state index is -0.307. The van der Waals surface area contributed by atoms with Crippen molar-refractivity contribution in [3.63, 3.8) is 0 Å². The third-order valence-corrected chi connectivity index (χ3v) is 4.19. The quantitative estimate of drug-likeness (QED) is 0.501. The maximum atomic E-state index is 11.9. The van der Waals surface area contributed by atoms with Crippen molar-refractivity contribution in [3.8, 4) is 5.75 Å². The van der Waals surface area contributed by atoms with Crippen LogP contribution in [-0.4, -0.2) is 18.7 Å². The van der Waals surface area contributed by atoms with Crippen LogP contribution in [0.4, 0.5) is 0 Å². The lowest BCUT2D eigenvalue weighted by molar-refractivity contribution is -0.123. The Kier molecular flexibility index (Phi) is 6.99. The molecular weight excluding hydrogens is 436 g/mol. The highest BCUT2D eigenvalue weighted by molar-refractivity contribution is 9.10. The van der Waals surface area contributed by atoms with Gasteiger partial charge in [0.2, 0.25) is 0 Å². The van der Waals surface area contributed by atoms with E-state index in [2.05, 4.69) is 56.2 Å². The molecular formula is C18H18Br2N2O2. The number of nitrogens with zero attached hydrogens (tertiary/aromatic N) is 1. The number of rotatable bonds is 6. The average Bonchev–Trinajstić information content (AvgIpc) is 2.53. The number of ether oxygens (including phenoxy) is 1. The Balaban J connectivity index is 1.90. The molecule has 0 aliphatic rings. The Morgan fingerprint density at radius 2 is 1.96 bits per heavy atom. The normalized spacial score (nSPS) is 11.0. The Bertz CT molecular complexity index is 746. The Morgan fingerprint density at radius 1 is 1.21 bits per heavy atom. The molecule has 0 unspecified atom stereocenters. The SMILES string of the molecule is CC(C)c1cc(Br)ccc1OCC(=O)N/N=C/c1cccc(Br)c1. The fourth-order valence-electron chi connectivity index (χ4n) is 2.04. The first-order valence-electron chi connectivity index (χ1n) is 7.45. The zero-order valence-electron chi connectivity index (χ0n) is 13.4. The summed E-state index contributed by atoms with van der Waals surface area (Å²) in [5.74, 6) is 0.702. The highest BCUT2D eigenvalue weighted by Gasteiger charge is 2.10. The van der Waals surface area contributed by atoms with Crippen molar-refractivity contribution >= 4 is 44.0 Å². The van der Waals surface area contributed by atoms with Crippen LogP contribution >= 0.6 is 31.9 Å². The van der Waals surface area contributed by atoms with Gasteiger partial charge in [0.05, 0.1) is 6.21 Å². The van der Waals surface area contributed by atoms with Gasteiger partial charge < -0.3 is 4.74 Å². The standard InChI is InChI=1S/C18H18Br2N2O2/c1-12(2)16-9-15(20)6-7-17(16)24-11-18(23)22-21-10-13-4-3-5-14(19)8-13/h3-10,12H,11H2,1-2H3,(H,22,23)/b21-10+. The zero-order valence-corrected chi connectivity index (χ0v) is 16.6. The number of nitrogens with one attached hydrogen (secondary N) is 1. The maximum Gasteiger partial charge on any atom is 0.277 e. The lowest BCUT2D eigenvalue weighted by Gasteiger charge is -2.13. The molecule has 0 aliphatic heterocycles. The van der Waals surface area contributed by atoms with Crippen LogP contribution in [0.1, 0.15) is 30.9 Å². The van der Waals surface area contributed by atoms with E-state index in [0.29, 0.717) is 11.7 Å². The van der Waals surface area contributed by atoms with Crippen LogP contribution in [0.2, 0.25) is 0 Å². The molecule has 1 amide bonds. The van der Waals surface area contributed by atoms with Gasteiger partial charge in [0.15, 0.2) is 6.61 Å². The molecule has 2 aromatic carbocycles. The van der Waals surface area contributed by atoms with Crippen LogP contribution in [0.15, 0.2) is 56.5 Å². The van der Waals surface area contributed by atoms with E-state index in [1.807, 2.05) is 42.5 Å². The largest absolute Gasteiger partial charge is 0.483 e. The molecule has 4 nitrogen and oxygen atoms in total. The fourth-order valence-corrected chi connectivity index (χ4v) is 2.84. The summed E-state index contributed by atoms with van der Waals surface area (Å²) in [6.07, 6.45) is 1.59. The first kappa shape index (κ1) is 18.7. The van der Waals surface area contributed by atoms with Crippen molar-refractivity contribution in [2.24, 2.45) is 5.10 Å². The van der Waals surface area contributed by atoms with E-state index in [1.54, 1.807) is 6.21 Å². The van der Waals surface area contributed by atoms with Gasteiger partial charge in [0, 0.05) is 8.95 Å². The van der Waals surface area contributed by atoms with Crippen LogP contribution < -0.4 is 10.2 Å². The summed E-state index contributed by atoms with van der Waals surface area (Å²) >= 11 is 6.83. The molecule has 0 saturated heterocycles. The number of hydrogen-bond donors (Lipinski definition) is 1. The Labute approximate surface area is 158 Å². The average molecular weight is 454 g/mol. The summed E-state index contributed by atoms with van der Waals surface area (Å²) in [7, 11) is 0. The van der Waals surface area contributed by atoms with Crippen molar-refractivity contribution < 1.29 is 9.53 Å². The third kappa shape index (κ3) is 5.76. The molecule has 1 N–H and O–H groups in total. The number of hydrazone groups is 1. The maximum absolute atomic E-state index is 11.9. The van der Waals surface area contributed by atoms with Crippen molar-refractivity contribution in [1.82, 2.24) is 5.43 Å². The minimum Gasteiger partial charge on any atom is -0.483 e. The van der Waals surface area contributed by atoms with Crippen molar-refractivity contribution in [2.45, 2.75) is 19.8 Å². The molecule has 2 rings (SSSR count). The van der Waals surface area contributed by atoms with E-state index >= 15 is 0 Å². The van der Waals surface area contributed by atoms with Gasteiger partial charge in [-0.15, -0.1) is 0 Å². The molecule has 2 aromatic rings. The Hall–Kier alpha value is -1.66. The second-order valence-electron chi connectivity index (χ2n) is 5.47. The molecule has 0 aromatic heterocycles. The number of carbonyl (C=O) groups is 1. The predicted molar refractivity (Wildman–Crippen MR) is 104 cm³/mol. The van der Waals surface area contributed by atoms with Gasteiger partial charge in [-0.3, -0.25) is 4.79 Å². The molecule has 126 valence electrons. The molecule has 0 fully saturated rings. The van der Waals surface area contributed by atoms with Crippen LogP contribution in [0.3, 0.4) is 0 Å². The van der Waals surface area contributed by atoms with Crippen molar-refractivity contribution in [2.75, 3.05) is 6.61 Å². The van der Waals surface area contributed by atoms with E-state index in [1.165, 1.54) is 0 Å². The van der Waals surface area contributed by atoms with E-state index in [9.17, 15) is 4.79 Å². The first-order chi connectivity index (χ1) is 11.5. The lowest BCUT2D eigenvalue weighted by Crippen LogP contribution is -2.24. The monoisotopic (exact) mass is 452 g/mol.